The number of hydrogen-bond donors (Lipinski definition) is 0. The van der Waals surface area contributed by atoms with Gasteiger partial charge in [0.15, 0.2) is 0 Å². The molecule has 1 heterocycles. The molecule has 1 aromatic carbocycles. The molecule has 4 bridgehead atoms. The summed E-state index contributed by atoms with van der Waals surface area (Å²) in [5, 5.41) is 0. The topological polar surface area (TPSA) is 66.9 Å². The van der Waals surface area contributed by atoms with Crippen LogP contribution in [0.5, 0.6) is 5.75 Å². The average molecular weight is 433 g/mol. The molecule has 6 nitrogen and oxygen atoms in total. The van der Waals surface area contributed by atoms with Crippen LogP contribution in [0, 0.1) is 23.2 Å². The van der Waals surface area contributed by atoms with E-state index >= 15 is 0 Å². The van der Waals surface area contributed by atoms with Crippen LogP contribution in [0.4, 0.5) is 0 Å². The zero-order valence-corrected chi connectivity index (χ0v) is 18.6. The number of methoxy groups -OCH3 is 1. The molecule has 6 rings (SSSR count). The number of rotatable bonds is 5. The molecule has 0 atom stereocenters. The van der Waals surface area contributed by atoms with Crippen molar-refractivity contribution in [1.82, 2.24) is 9.21 Å². The first-order chi connectivity index (χ1) is 14.4. The van der Waals surface area contributed by atoms with Gasteiger partial charge in [-0.05, 0) is 86.0 Å². The van der Waals surface area contributed by atoms with Crippen LogP contribution in [0.25, 0.3) is 0 Å². The van der Waals surface area contributed by atoms with Gasteiger partial charge in [-0.2, -0.15) is 4.31 Å². The molecule has 0 spiro atoms. The van der Waals surface area contributed by atoms with Crippen molar-refractivity contribution in [1.29, 1.82) is 0 Å². The molecule has 7 heteroatoms. The summed E-state index contributed by atoms with van der Waals surface area (Å²) in [7, 11) is -1.98. The molecule has 5 aliphatic rings. The molecular weight excluding hydrogens is 400 g/mol. The third kappa shape index (κ3) is 3.64. The van der Waals surface area contributed by atoms with E-state index in [0.29, 0.717) is 38.3 Å². The summed E-state index contributed by atoms with van der Waals surface area (Å²) in [6.07, 6.45) is 8.52. The van der Waals surface area contributed by atoms with Crippen molar-refractivity contribution in [2.75, 3.05) is 33.3 Å². The second-order valence-corrected chi connectivity index (χ2v) is 12.0. The maximum absolute atomic E-state index is 13.1. The molecule has 164 valence electrons. The lowest BCUT2D eigenvalue weighted by atomic mass is 9.49. The number of benzene rings is 1. The Bertz CT molecular complexity index is 868. The van der Waals surface area contributed by atoms with E-state index in [1.165, 1.54) is 42.8 Å². The summed E-state index contributed by atoms with van der Waals surface area (Å²) >= 11 is 0. The van der Waals surface area contributed by atoms with E-state index in [1.807, 2.05) is 4.90 Å². The molecule has 0 aromatic heterocycles. The minimum atomic E-state index is -3.54. The van der Waals surface area contributed by atoms with Crippen LogP contribution in [0.1, 0.15) is 44.9 Å². The highest BCUT2D eigenvalue weighted by atomic mass is 32.2. The molecule has 1 aliphatic heterocycles. The van der Waals surface area contributed by atoms with E-state index in [9.17, 15) is 13.2 Å². The van der Waals surface area contributed by atoms with Gasteiger partial charge in [0.2, 0.25) is 15.9 Å². The van der Waals surface area contributed by atoms with Gasteiger partial charge in [-0.3, -0.25) is 4.79 Å². The third-order valence-corrected chi connectivity index (χ3v) is 9.89. The lowest BCUT2D eigenvalue weighted by Gasteiger charge is -2.57. The Balaban J connectivity index is 1.20. The van der Waals surface area contributed by atoms with Crippen LogP contribution in [0.2, 0.25) is 0 Å². The van der Waals surface area contributed by atoms with Gasteiger partial charge in [-0.25, -0.2) is 8.42 Å². The van der Waals surface area contributed by atoms with Gasteiger partial charge in [-0.15, -0.1) is 0 Å². The highest BCUT2D eigenvalue weighted by Crippen LogP contribution is 2.61. The third-order valence-electron chi connectivity index (χ3n) is 7.98. The fraction of sp³-hybridized carbons (Fsp3) is 0.696. The maximum Gasteiger partial charge on any atom is 0.243 e. The van der Waals surface area contributed by atoms with E-state index in [0.717, 1.165) is 17.8 Å². The number of ether oxygens (including phenoxy) is 1. The average Bonchev–Trinajstić information content (AvgIpc) is 2.72. The Labute approximate surface area is 179 Å². The Kier molecular flexibility index (Phi) is 5.09. The number of hydrogen-bond acceptors (Lipinski definition) is 4. The van der Waals surface area contributed by atoms with Crippen molar-refractivity contribution in [2.24, 2.45) is 23.2 Å². The molecule has 5 fully saturated rings. The summed E-state index contributed by atoms with van der Waals surface area (Å²) in [6, 6.07) is 6.49. The van der Waals surface area contributed by atoms with E-state index in [4.69, 9.17) is 4.74 Å². The summed E-state index contributed by atoms with van der Waals surface area (Å²) < 4.78 is 32.5. The number of sulfonamides is 1. The van der Waals surface area contributed by atoms with Gasteiger partial charge in [0, 0.05) is 32.6 Å². The van der Waals surface area contributed by atoms with Gasteiger partial charge >= 0.3 is 0 Å². The van der Waals surface area contributed by atoms with Crippen LogP contribution in [0.3, 0.4) is 0 Å². The minimum absolute atomic E-state index is 0.234. The zero-order chi connectivity index (χ0) is 20.9. The van der Waals surface area contributed by atoms with E-state index in [1.54, 1.807) is 31.4 Å². The first-order valence-corrected chi connectivity index (χ1v) is 12.7. The lowest BCUT2D eigenvalue weighted by molar-refractivity contribution is -0.140. The molecular formula is C23H32N2O4S. The first-order valence-electron chi connectivity index (χ1n) is 11.3. The SMILES string of the molecule is COc1ccc(S(=O)(=O)N2CCN(C(=O)CC34CC5CC(CC(C5)C3)C4)CC2)cc1. The highest BCUT2D eigenvalue weighted by molar-refractivity contribution is 7.89. The number of amides is 1. The van der Waals surface area contributed by atoms with E-state index < -0.39 is 10.0 Å². The zero-order valence-electron chi connectivity index (χ0n) is 17.8. The van der Waals surface area contributed by atoms with Crippen molar-refractivity contribution in [3.05, 3.63) is 24.3 Å². The van der Waals surface area contributed by atoms with Crippen LogP contribution in [-0.2, 0) is 14.8 Å². The van der Waals surface area contributed by atoms with Crippen molar-refractivity contribution in [3.63, 3.8) is 0 Å². The Hall–Kier alpha value is -1.60. The summed E-state index contributed by atoms with van der Waals surface area (Å²) in [4.78, 5) is 15.3. The maximum atomic E-state index is 13.1. The Morgan fingerprint density at radius 1 is 0.967 bits per heavy atom. The van der Waals surface area contributed by atoms with Crippen molar-refractivity contribution in [3.8, 4) is 5.75 Å². The second kappa shape index (κ2) is 7.52. The predicted molar refractivity (Wildman–Crippen MR) is 114 cm³/mol. The normalized spacial score (nSPS) is 33.6. The molecule has 4 aliphatic carbocycles. The molecule has 0 unspecified atom stereocenters. The van der Waals surface area contributed by atoms with Crippen molar-refractivity contribution >= 4 is 15.9 Å². The number of carbonyl (C=O) groups excluding carboxylic acids is 1. The van der Waals surface area contributed by atoms with Gasteiger partial charge in [0.25, 0.3) is 0 Å². The van der Waals surface area contributed by atoms with Crippen molar-refractivity contribution < 1.29 is 17.9 Å². The fourth-order valence-electron chi connectivity index (χ4n) is 7.01. The molecule has 1 aromatic rings. The van der Waals surface area contributed by atoms with Crippen LogP contribution in [0.15, 0.2) is 29.2 Å². The van der Waals surface area contributed by atoms with Gasteiger partial charge in [-0.1, -0.05) is 0 Å². The number of piperazine rings is 1. The van der Waals surface area contributed by atoms with E-state index in [-0.39, 0.29) is 16.2 Å². The predicted octanol–water partition coefficient (Wildman–Crippen LogP) is 3.13. The first kappa shape index (κ1) is 20.3. The number of carbonyl (C=O) groups is 1. The molecule has 4 saturated carbocycles. The molecule has 0 radical (unpaired) electrons. The monoisotopic (exact) mass is 432 g/mol. The molecule has 1 amide bonds. The molecule has 1 saturated heterocycles. The Morgan fingerprint density at radius 3 is 2.00 bits per heavy atom. The van der Waals surface area contributed by atoms with Gasteiger partial charge in [0.05, 0.1) is 12.0 Å². The van der Waals surface area contributed by atoms with Crippen LogP contribution in [-0.4, -0.2) is 56.8 Å². The highest BCUT2D eigenvalue weighted by Gasteiger charge is 2.51. The van der Waals surface area contributed by atoms with Crippen LogP contribution >= 0.6 is 0 Å². The van der Waals surface area contributed by atoms with Gasteiger partial charge in [0.1, 0.15) is 5.75 Å². The standard InChI is InChI=1S/C23H32N2O4S/c1-29-20-2-4-21(5-3-20)30(27,28)25-8-6-24(7-9-25)22(26)16-23-13-17-10-18(14-23)12-19(11-17)15-23/h2-5,17-19H,6-16H2,1H3. The smallest absolute Gasteiger partial charge is 0.243 e. The van der Waals surface area contributed by atoms with Gasteiger partial charge < -0.3 is 9.64 Å². The second-order valence-electron chi connectivity index (χ2n) is 10.1. The van der Waals surface area contributed by atoms with Crippen LogP contribution < -0.4 is 4.74 Å². The largest absolute Gasteiger partial charge is 0.497 e. The summed E-state index contributed by atoms with van der Waals surface area (Å²) in [6.45, 7) is 1.70. The molecule has 30 heavy (non-hydrogen) atoms. The summed E-state index contributed by atoms with van der Waals surface area (Å²) in [5.74, 6) is 3.40. The number of nitrogens with zero attached hydrogens (tertiary/aromatic N) is 2. The lowest BCUT2D eigenvalue weighted by Crippen LogP contribution is -2.53. The minimum Gasteiger partial charge on any atom is -0.497 e. The van der Waals surface area contributed by atoms with Crippen molar-refractivity contribution in [2.45, 2.75) is 49.8 Å². The quantitative estimate of drug-likeness (QED) is 0.717. The van der Waals surface area contributed by atoms with E-state index in [2.05, 4.69) is 0 Å². The molecule has 0 N–H and O–H groups in total. The fourth-order valence-corrected chi connectivity index (χ4v) is 8.44. The Morgan fingerprint density at radius 2 is 1.50 bits per heavy atom. The summed E-state index contributed by atoms with van der Waals surface area (Å²) in [5.41, 5.74) is 0.234.